The van der Waals surface area contributed by atoms with Crippen LogP contribution in [-0.2, 0) is 11.0 Å². The SMILES string of the molecule is O=Cc1ccc(OCC(=O)N2CCN(c3ncc(C(F)(F)F)cc3Cl)CC2)cc1. The number of rotatable bonds is 5. The summed E-state index contributed by atoms with van der Waals surface area (Å²) in [4.78, 5) is 30.1. The number of carbonyl (C=O) groups is 2. The van der Waals surface area contributed by atoms with Crippen molar-refractivity contribution in [1.29, 1.82) is 0 Å². The highest BCUT2D eigenvalue weighted by Gasteiger charge is 2.32. The van der Waals surface area contributed by atoms with Gasteiger partial charge in [-0.2, -0.15) is 13.2 Å². The lowest BCUT2D eigenvalue weighted by Gasteiger charge is -2.35. The molecule has 2 aromatic rings. The summed E-state index contributed by atoms with van der Waals surface area (Å²) < 4.78 is 43.6. The molecule has 0 saturated carbocycles. The third-order valence-electron chi connectivity index (χ3n) is 4.46. The number of piperazine rings is 1. The zero-order valence-corrected chi connectivity index (χ0v) is 15.9. The average Bonchev–Trinajstić information content (AvgIpc) is 2.72. The van der Waals surface area contributed by atoms with Gasteiger partial charge in [0.15, 0.2) is 6.61 Å². The molecule has 1 fully saturated rings. The molecule has 2 heterocycles. The molecule has 0 N–H and O–H groups in total. The number of hydrogen-bond acceptors (Lipinski definition) is 5. The Morgan fingerprint density at radius 3 is 2.38 bits per heavy atom. The maximum atomic E-state index is 12.7. The van der Waals surface area contributed by atoms with Crippen LogP contribution in [0.1, 0.15) is 15.9 Å². The first kappa shape index (κ1) is 20.9. The van der Waals surface area contributed by atoms with Crippen molar-refractivity contribution in [2.24, 2.45) is 0 Å². The fourth-order valence-corrected chi connectivity index (χ4v) is 3.15. The molecule has 29 heavy (non-hydrogen) atoms. The van der Waals surface area contributed by atoms with Crippen LogP contribution in [0.5, 0.6) is 5.75 Å². The molecule has 154 valence electrons. The Morgan fingerprint density at radius 1 is 1.17 bits per heavy atom. The number of anilines is 1. The van der Waals surface area contributed by atoms with Gasteiger partial charge in [-0.05, 0) is 30.3 Å². The number of hydrogen-bond donors (Lipinski definition) is 0. The molecule has 0 spiro atoms. The minimum absolute atomic E-state index is 0.0818. The Balaban J connectivity index is 1.53. The average molecular weight is 428 g/mol. The quantitative estimate of drug-likeness (QED) is 0.685. The number of pyridine rings is 1. The molecule has 0 aliphatic carbocycles. The molecule has 0 radical (unpaired) electrons. The molecule has 6 nitrogen and oxygen atoms in total. The molecule has 1 amide bonds. The zero-order valence-electron chi connectivity index (χ0n) is 15.2. The van der Waals surface area contributed by atoms with Crippen molar-refractivity contribution in [3.8, 4) is 5.75 Å². The summed E-state index contributed by atoms with van der Waals surface area (Å²) in [6, 6.07) is 7.24. The van der Waals surface area contributed by atoms with E-state index in [9.17, 15) is 22.8 Å². The van der Waals surface area contributed by atoms with Crippen molar-refractivity contribution in [3.05, 3.63) is 52.7 Å². The second-order valence-electron chi connectivity index (χ2n) is 6.37. The molecular formula is C19H17ClF3N3O3. The van der Waals surface area contributed by atoms with Gasteiger partial charge in [0.1, 0.15) is 17.9 Å². The van der Waals surface area contributed by atoms with Crippen LogP contribution in [0.2, 0.25) is 5.02 Å². The van der Waals surface area contributed by atoms with Gasteiger partial charge >= 0.3 is 6.18 Å². The van der Waals surface area contributed by atoms with E-state index in [1.54, 1.807) is 34.1 Å². The fourth-order valence-electron chi connectivity index (χ4n) is 2.87. The van der Waals surface area contributed by atoms with Crippen LogP contribution in [0.4, 0.5) is 19.0 Å². The molecule has 0 atom stereocenters. The number of ether oxygens (including phenoxy) is 1. The number of aromatic nitrogens is 1. The Labute approximate surface area is 169 Å². The van der Waals surface area contributed by atoms with Gasteiger partial charge in [-0.1, -0.05) is 11.6 Å². The van der Waals surface area contributed by atoms with Gasteiger partial charge in [0.2, 0.25) is 0 Å². The van der Waals surface area contributed by atoms with Crippen LogP contribution in [0.15, 0.2) is 36.5 Å². The summed E-state index contributed by atoms with van der Waals surface area (Å²) in [7, 11) is 0. The van der Waals surface area contributed by atoms with Crippen LogP contribution >= 0.6 is 11.6 Å². The van der Waals surface area contributed by atoms with Gasteiger partial charge < -0.3 is 14.5 Å². The lowest BCUT2D eigenvalue weighted by atomic mass is 10.2. The second kappa shape index (κ2) is 8.69. The molecule has 0 unspecified atom stereocenters. The minimum Gasteiger partial charge on any atom is -0.484 e. The number of benzene rings is 1. The zero-order chi connectivity index (χ0) is 21.0. The number of aldehydes is 1. The van der Waals surface area contributed by atoms with E-state index in [1.807, 2.05) is 0 Å². The largest absolute Gasteiger partial charge is 0.484 e. The van der Waals surface area contributed by atoms with E-state index in [1.165, 1.54) is 0 Å². The fraction of sp³-hybridized carbons (Fsp3) is 0.316. The van der Waals surface area contributed by atoms with Crippen LogP contribution in [0, 0.1) is 0 Å². The maximum Gasteiger partial charge on any atom is 0.417 e. The summed E-state index contributed by atoms with van der Waals surface area (Å²) in [6.07, 6.45) is -3.04. The van der Waals surface area contributed by atoms with Crippen LogP contribution in [-0.4, -0.2) is 54.9 Å². The Bertz CT molecular complexity index is 883. The Hall–Kier alpha value is -2.81. The third-order valence-corrected chi connectivity index (χ3v) is 4.74. The number of alkyl halides is 3. The van der Waals surface area contributed by atoms with Crippen LogP contribution in [0.25, 0.3) is 0 Å². The van der Waals surface area contributed by atoms with E-state index in [0.717, 1.165) is 12.3 Å². The molecule has 1 aromatic carbocycles. The highest BCUT2D eigenvalue weighted by molar-refractivity contribution is 6.33. The summed E-state index contributed by atoms with van der Waals surface area (Å²) in [6.45, 7) is 1.35. The van der Waals surface area contributed by atoms with E-state index in [2.05, 4.69) is 4.98 Å². The van der Waals surface area contributed by atoms with Gasteiger partial charge in [-0.15, -0.1) is 0 Å². The van der Waals surface area contributed by atoms with Crippen molar-refractivity contribution in [2.45, 2.75) is 6.18 Å². The van der Waals surface area contributed by atoms with Crippen molar-refractivity contribution in [1.82, 2.24) is 9.88 Å². The van der Waals surface area contributed by atoms with E-state index in [4.69, 9.17) is 16.3 Å². The van der Waals surface area contributed by atoms with E-state index >= 15 is 0 Å². The molecule has 1 saturated heterocycles. The molecule has 1 aliphatic rings. The van der Waals surface area contributed by atoms with Crippen molar-refractivity contribution in [2.75, 3.05) is 37.7 Å². The molecular weight excluding hydrogens is 411 g/mol. The number of nitrogens with zero attached hydrogens (tertiary/aromatic N) is 3. The van der Waals surface area contributed by atoms with Gasteiger partial charge in [0, 0.05) is 37.9 Å². The summed E-state index contributed by atoms with van der Waals surface area (Å²) in [5.74, 6) is 0.525. The van der Waals surface area contributed by atoms with Gasteiger partial charge in [0.25, 0.3) is 5.91 Å². The number of halogens is 4. The standard InChI is InChI=1S/C19H17ClF3N3O3/c20-16-9-14(19(21,22)23)10-24-18(16)26-7-5-25(6-8-26)17(28)12-29-15-3-1-13(11-27)2-4-15/h1-4,9-11H,5-8,12H2. The Kier molecular flexibility index (Phi) is 6.26. The normalized spacial score (nSPS) is 14.6. The van der Waals surface area contributed by atoms with E-state index in [0.29, 0.717) is 43.8 Å². The molecule has 3 rings (SSSR count). The molecule has 1 aromatic heterocycles. The monoisotopic (exact) mass is 427 g/mol. The predicted octanol–water partition coefficient (Wildman–Crippen LogP) is 3.29. The minimum atomic E-state index is -4.51. The smallest absolute Gasteiger partial charge is 0.417 e. The lowest BCUT2D eigenvalue weighted by molar-refractivity contribution is -0.138. The van der Waals surface area contributed by atoms with Gasteiger partial charge in [-0.3, -0.25) is 9.59 Å². The number of amides is 1. The van der Waals surface area contributed by atoms with Gasteiger partial charge in [0.05, 0.1) is 10.6 Å². The van der Waals surface area contributed by atoms with Crippen molar-refractivity contribution >= 4 is 29.6 Å². The first-order chi connectivity index (χ1) is 13.8. The molecule has 0 bridgehead atoms. The highest BCUT2D eigenvalue weighted by atomic mass is 35.5. The van der Waals surface area contributed by atoms with Crippen LogP contribution < -0.4 is 9.64 Å². The lowest BCUT2D eigenvalue weighted by Crippen LogP contribution is -2.50. The topological polar surface area (TPSA) is 62.7 Å². The van der Waals surface area contributed by atoms with Crippen LogP contribution in [0.3, 0.4) is 0 Å². The van der Waals surface area contributed by atoms with Crippen molar-refractivity contribution in [3.63, 3.8) is 0 Å². The van der Waals surface area contributed by atoms with Gasteiger partial charge in [-0.25, -0.2) is 4.98 Å². The first-order valence-corrected chi connectivity index (χ1v) is 9.09. The summed E-state index contributed by atoms with van der Waals surface area (Å²) in [5, 5.41) is -0.0818. The van der Waals surface area contributed by atoms with E-state index in [-0.39, 0.29) is 23.4 Å². The molecule has 10 heteroatoms. The van der Waals surface area contributed by atoms with Crippen molar-refractivity contribution < 1.29 is 27.5 Å². The first-order valence-electron chi connectivity index (χ1n) is 8.71. The summed E-state index contributed by atoms with van der Waals surface area (Å²) in [5.41, 5.74) is -0.395. The van der Waals surface area contributed by atoms with E-state index < -0.39 is 11.7 Å². The maximum absolute atomic E-state index is 12.7. The number of carbonyl (C=O) groups excluding carboxylic acids is 2. The second-order valence-corrected chi connectivity index (χ2v) is 6.78. The Morgan fingerprint density at radius 2 is 1.83 bits per heavy atom. The molecule has 1 aliphatic heterocycles. The predicted molar refractivity (Wildman–Crippen MR) is 100 cm³/mol. The highest BCUT2D eigenvalue weighted by Crippen LogP contribution is 2.33. The summed E-state index contributed by atoms with van der Waals surface area (Å²) >= 11 is 5.98. The third kappa shape index (κ3) is 5.17.